The third-order valence-electron chi connectivity index (χ3n) is 3.16. The molecule has 0 radical (unpaired) electrons. The third-order valence-corrected chi connectivity index (χ3v) is 3.16. The first-order valence-corrected chi connectivity index (χ1v) is 6.64. The number of pyridine rings is 1. The van der Waals surface area contributed by atoms with Crippen LogP contribution in [0, 0.1) is 0 Å². The van der Waals surface area contributed by atoms with Crippen LogP contribution in [-0.2, 0) is 6.54 Å². The molecule has 1 amide bonds. The van der Waals surface area contributed by atoms with Crippen LogP contribution in [-0.4, -0.2) is 21.8 Å². The summed E-state index contributed by atoms with van der Waals surface area (Å²) >= 11 is 0. The molecule has 4 nitrogen and oxygen atoms in total. The van der Waals surface area contributed by atoms with Gasteiger partial charge in [0, 0.05) is 18.8 Å². The van der Waals surface area contributed by atoms with Crippen molar-refractivity contribution in [3.05, 3.63) is 59.9 Å². The van der Waals surface area contributed by atoms with Crippen LogP contribution in [0.2, 0.25) is 0 Å². The number of nitrogen functional groups attached to an aromatic ring is 1. The van der Waals surface area contributed by atoms with E-state index < -0.39 is 0 Å². The van der Waals surface area contributed by atoms with E-state index in [4.69, 9.17) is 5.73 Å². The minimum atomic E-state index is -0.0660. The van der Waals surface area contributed by atoms with Crippen molar-refractivity contribution in [3.63, 3.8) is 0 Å². The molecular formula is C16H19N3O. The molecule has 2 rings (SSSR count). The second-order valence-electron chi connectivity index (χ2n) is 4.98. The molecule has 0 bridgehead atoms. The Labute approximate surface area is 119 Å². The van der Waals surface area contributed by atoms with Gasteiger partial charge < -0.3 is 10.6 Å². The Morgan fingerprint density at radius 2 is 1.95 bits per heavy atom. The topological polar surface area (TPSA) is 59.2 Å². The number of carbonyl (C=O) groups excluding carboxylic acids is 1. The van der Waals surface area contributed by atoms with E-state index in [1.807, 2.05) is 44.2 Å². The van der Waals surface area contributed by atoms with E-state index in [1.54, 1.807) is 17.2 Å². The minimum absolute atomic E-state index is 0.0660. The predicted molar refractivity (Wildman–Crippen MR) is 80.1 cm³/mol. The molecule has 0 aliphatic rings. The Bertz CT molecular complexity index is 581. The summed E-state index contributed by atoms with van der Waals surface area (Å²) in [5, 5.41) is 0. The van der Waals surface area contributed by atoms with Gasteiger partial charge in [0.25, 0.3) is 5.91 Å². The molecule has 0 unspecified atom stereocenters. The van der Waals surface area contributed by atoms with Crippen molar-refractivity contribution < 1.29 is 4.79 Å². The summed E-state index contributed by atoms with van der Waals surface area (Å²) in [5.74, 6) is -0.0660. The molecule has 0 fully saturated rings. The van der Waals surface area contributed by atoms with Crippen molar-refractivity contribution in [3.8, 4) is 0 Å². The van der Waals surface area contributed by atoms with Gasteiger partial charge in [-0.2, -0.15) is 0 Å². The molecular weight excluding hydrogens is 250 g/mol. The van der Waals surface area contributed by atoms with Crippen molar-refractivity contribution in [2.45, 2.75) is 26.4 Å². The van der Waals surface area contributed by atoms with Gasteiger partial charge in [0.15, 0.2) is 0 Å². The van der Waals surface area contributed by atoms with E-state index in [-0.39, 0.29) is 11.9 Å². The lowest BCUT2D eigenvalue weighted by Crippen LogP contribution is -2.36. The van der Waals surface area contributed by atoms with Crippen molar-refractivity contribution in [2.75, 3.05) is 5.73 Å². The molecule has 4 heteroatoms. The molecule has 0 atom stereocenters. The molecule has 1 aromatic carbocycles. The maximum atomic E-state index is 12.6. The first-order valence-electron chi connectivity index (χ1n) is 6.64. The molecule has 0 saturated heterocycles. The van der Waals surface area contributed by atoms with Gasteiger partial charge in [-0.1, -0.05) is 30.3 Å². The van der Waals surface area contributed by atoms with Gasteiger partial charge in [-0.15, -0.1) is 0 Å². The average molecular weight is 269 g/mol. The number of nitrogens with zero attached hydrogens (tertiary/aromatic N) is 2. The van der Waals surface area contributed by atoms with E-state index in [2.05, 4.69) is 4.98 Å². The van der Waals surface area contributed by atoms with Gasteiger partial charge in [0.1, 0.15) is 0 Å². The highest BCUT2D eigenvalue weighted by Gasteiger charge is 2.20. The van der Waals surface area contributed by atoms with Crippen LogP contribution in [0.5, 0.6) is 0 Å². The van der Waals surface area contributed by atoms with Gasteiger partial charge in [-0.05, 0) is 25.5 Å². The lowest BCUT2D eigenvalue weighted by Gasteiger charge is -2.27. The Morgan fingerprint density at radius 1 is 1.25 bits per heavy atom. The van der Waals surface area contributed by atoms with Gasteiger partial charge in [0.2, 0.25) is 0 Å². The summed E-state index contributed by atoms with van der Waals surface area (Å²) in [6, 6.07) is 11.7. The Morgan fingerprint density at radius 3 is 2.55 bits per heavy atom. The molecule has 2 N–H and O–H groups in total. The maximum Gasteiger partial charge on any atom is 0.256 e. The number of hydrogen-bond donors (Lipinski definition) is 1. The molecule has 0 aliphatic heterocycles. The smallest absolute Gasteiger partial charge is 0.256 e. The minimum Gasteiger partial charge on any atom is -0.397 e. The van der Waals surface area contributed by atoms with Crippen molar-refractivity contribution in [1.82, 2.24) is 9.88 Å². The first-order chi connectivity index (χ1) is 9.59. The van der Waals surface area contributed by atoms with Gasteiger partial charge >= 0.3 is 0 Å². The van der Waals surface area contributed by atoms with Crippen LogP contribution in [0.3, 0.4) is 0 Å². The van der Waals surface area contributed by atoms with E-state index in [0.717, 1.165) is 5.56 Å². The number of anilines is 1. The lowest BCUT2D eigenvalue weighted by atomic mass is 10.1. The monoisotopic (exact) mass is 269 g/mol. The number of nitrogens with two attached hydrogens (primary N) is 1. The fraction of sp³-hybridized carbons (Fsp3) is 0.250. The molecule has 104 valence electrons. The Kier molecular flexibility index (Phi) is 4.35. The third kappa shape index (κ3) is 3.15. The standard InChI is InChI=1S/C16H19N3O/c1-12(2)19(11-13-6-4-3-5-7-13)16(20)14-8-9-18-10-15(14)17/h3-10,12H,11,17H2,1-2H3. The highest BCUT2D eigenvalue weighted by molar-refractivity contribution is 5.99. The van der Waals surface area contributed by atoms with Crippen LogP contribution >= 0.6 is 0 Å². The lowest BCUT2D eigenvalue weighted by molar-refractivity contribution is 0.0691. The van der Waals surface area contributed by atoms with E-state index >= 15 is 0 Å². The zero-order chi connectivity index (χ0) is 14.5. The van der Waals surface area contributed by atoms with E-state index in [1.165, 1.54) is 6.20 Å². The molecule has 1 heterocycles. The molecule has 0 saturated carbocycles. The van der Waals surface area contributed by atoms with Gasteiger partial charge in [0.05, 0.1) is 17.4 Å². The molecule has 0 aliphatic carbocycles. The summed E-state index contributed by atoms with van der Waals surface area (Å²) in [5.41, 5.74) is 7.86. The number of benzene rings is 1. The predicted octanol–water partition coefficient (Wildman–Crippen LogP) is 2.71. The summed E-state index contributed by atoms with van der Waals surface area (Å²) < 4.78 is 0. The second kappa shape index (κ2) is 6.19. The van der Waals surface area contributed by atoms with Crippen LogP contribution in [0.25, 0.3) is 0 Å². The van der Waals surface area contributed by atoms with E-state index in [0.29, 0.717) is 17.8 Å². The van der Waals surface area contributed by atoms with Crippen molar-refractivity contribution in [2.24, 2.45) is 0 Å². The highest BCUT2D eigenvalue weighted by atomic mass is 16.2. The largest absolute Gasteiger partial charge is 0.397 e. The van der Waals surface area contributed by atoms with Crippen LogP contribution in [0.15, 0.2) is 48.8 Å². The van der Waals surface area contributed by atoms with E-state index in [9.17, 15) is 4.79 Å². The number of carbonyl (C=O) groups is 1. The molecule has 1 aromatic heterocycles. The maximum absolute atomic E-state index is 12.6. The van der Waals surface area contributed by atoms with Crippen molar-refractivity contribution in [1.29, 1.82) is 0 Å². The Hall–Kier alpha value is -2.36. The number of aromatic nitrogens is 1. The zero-order valence-electron chi connectivity index (χ0n) is 11.8. The normalized spacial score (nSPS) is 10.6. The quantitative estimate of drug-likeness (QED) is 0.928. The number of rotatable bonds is 4. The van der Waals surface area contributed by atoms with Crippen LogP contribution in [0.4, 0.5) is 5.69 Å². The highest BCUT2D eigenvalue weighted by Crippen LogP contribution is 2.16. The molecule has 20 heavy (non-hydrogen) atoms. The zero-order valence-corrected chi connectivity index (χ0v) is 11.8. The summed E-state index contributed by atoms with van der Waals surface area (Å²) in [6.07, 6.45) is 3.10. The number of hydrogen-bond acceptors (Lipinski definition) is 3. The summed E-state index contributed by atoms with van der Waals surface area (Å²) in [4.78, 5) is 18.4. The fourth-order valence-electron chi connectivity index (χ4n) is 2.03. The average Bonchev–Trinajstić information content (AvgIpc) is 2.45. The van der Waals surface area contributed by atoms with Gasteiger partial charge in [-0.3, -0.25) is 9.78 Å². The van der Waals surface area contributed by atoms with Crippen LogP contribution < -0.4 is 5.73 Å². The summed E-state index contributed by atoms with van der Waals surface area (Å²) in [7, 11) is 0. The number of amides is 1. The molecule has 0 spiro atoms. The van der Waals surface area contributed by atoms with Gasteiger partial charge in [-0.25, -0.2) is 0 Å². The summed E-state index contributed by atoms with van der Waals surface area (Å²) in [6.45, 7) is 4.57. The fourth-order valence-corrected chi connectivity index (χ4v) is 2.03. The second-order valence-corrected chi connectivity index (χ2v) is 4.98. The SMILES string of the molecule is CC(C)N(Cc1ccccc1)C(=O)c1ccncc1N. The van der Waals surface area contributed by atoms with Crippen molar-refractivity contribution >= 4 is 11.6 Å². The first kappa shape index (κ1) is 14.1. The Balaban J connectivity index is 2.25. The van der Waals surface area contributed by atoms with Crippen LogP contribution in [0.1, 0.15) is 29.8 Å². The molecule has 2 aromatic rings.